The quantitative estimate of drug-likeness (QED) is 0.145. The number of hydrogen-bond donors (Lipinski definition) is 0. The summed E-state index contributed by atoms with van der Waals surface area (Å²) in [5, 5.41) is 2.44. The highest BCUT2D eigenvalue weighted by molar-refractivity contribution is 6.03. The van der Waals surface area contributed by atoms with Crippen molar-refractivity contribution in [1.82, 2.24) is 15.0 Å². The Morgan fingerprint density at radius 3 is 1.28 bits per heavy atom. The number of hydrogen-bond acceptors (Lipinski definition) is 3. The van der Waals surface area contributed by atoms with Gasteiger partial charge >= 0.3 is 0 Å². The molecule has 12 aromatic rings. The summed E-state index contributed by atoms with van der Waals surface area (Å²) < 4.78 is 0. The summed E-state index contributed by atoms with van der Waals surface area (Å²) in [7, 11) is 0. The first-order valence-corrected chi connectivity index (χ1v) is 24.3. The zero-order chi connectivity index (χ0) is 47.1. The van der Waals surface area contributed by atoms with Crippen LogP contribution in [0.2, 0.25) is 0 Å². The van der Waals surface area contributed by atoms with Crippen molar-refractivity contribution < 1.29 is 0 Å². The van der Waals surface area contributed by atoms with Gasteiger partial charge in [-0.2, -0.15) is 0 Å². The molecule has 0 atom stereocenters. The van der Waals surface area contributed by atoms with Gasteiger partial charge < -0.3 is 0 Å². The Balaban J connectivity index is 0.990. The fourth-order valence-corrected chi connectivity index (χ4v) is 10.9. The largest absolute Gasteiger partial charge is 0.208 e. The minimum atomic E-state index is -0.544. The first-order valence-electron chi connectivity index (χ1n) is 24.3. The normalized spacial score (nSPS) is 12.3. The highest BCUT2D eigenvalue weighted by Crippen LogP contribution is 2.58. The molecule has 0 fully saturated rings. The third kappa shape index (κ3) is 7.35. The van der Waals surface area contributed by atoms with E-state index >= 15 is 0 Å². The Morgan fingerprint density at radius 1 is 0.225 bits per heavy atom. The fraction of sp³-hybridized carbons (Fsp3) is 0.0147. The van der Waals surface area contributed by atoms with Gasteiger partial charge in [0.15, 0.2) is 17.5 Å². The molecule has 0 N–H and O–H groups in total. The molecular weight excluding hydrogens is 859 g/mol. The van der Waals surface area contributed by atoms with Crippen LogP contribution in [-0.2, 0) is 5.41 Å². The van der Waals surface area contributed by atoms with E-state index in [9.17, 15) is 0 Å². The maximum Gasteiger partial charge on any atom is 0.164 e. The van der Waals surface area contributed by atoms with E-state index in [4.69, 9.17) is 15.0 Å². The lowest BCUT2D eigenvalue weighted by molar-refractivity contribution is 0.769. The molecule has 0 bridgehead atoms. The van der Waals surface area contributed by atoms with Crippen LogP contribution < -0.4 is 0 Å². The van der Waals surface area contributed by atoms with Crippen LogP contribution >= 0.6 is 0 Å². The first kappa shape index (κ1) is 41.8. The molecule has 3 heteroatoms. The van der Waals surface area contributed by atoms with Gasteiger partial charge in [0.25, 0.3) is 0 Å². The molecule has 0 radical (unpaired) electrons. The minimum Gasteiger partial charge on any atom is -0.208 e. The van der Waals surface area contributed by atoms with Crippen molar-refractivity contribution in [3.05, 3.63) is 295 Å². The summed E-state index contributed by atoms with van der Waals surface area (Å²) in [4.78, 5) is 15.4. The topological polar surface area (TPSA) is 38.7 Å². The van der Waals surface area contributed by atoms with Crippen LogP contribution in [0, 0.1) is 0 Å². The third-order valence-electron chi connectivity index (χ3n) is 14.2. The van der Waals surface area contributed by atoms with E-state index in [-0.39, 0.29) is 0 Å². The number of benzene rings is 11. The number of rotatable bonds is 9. The Kier molecular flexibility index (Phi) is 10.4. The van der Waals surface area contributed by atoms with Gasteiger partial charge in [-0.25, -0.2) is 15.0 Å². The second-order valence-electron chi connectivity index (χ2n) is 18.3. The van der Waals surface area contributed by atoms with Crippen molar-refractivity contribution >= 4 is 10.8 Å². The lowest BCUT2D eigenvalue weighted by Crippen LogP contribution is -2.28. The van der Waals surface area contributed by atoms with E-state index in [1.165, 1.54) is 60.8 Å². The maximum absolute atomic E-state index is 5.20. The van der Waals surface area contributed by atoms with Gasteiger partial charge in [0.05, 0.1) is 5.41 Å². The Labute approximate surface area is 414 Å². The lowest BCUT2D eigenvalue weighted by atomic mass is 9.67. The molecule has 3 nitrogen and oxygen atoms in total. The van der Waals surface area contributed by atoms with Gasteiger partial charge in [0, 0.05) is 16.7 Å². The lowest BCUT2D eigenvalue weighted by Gasteiger charge is -2.34. The zero-order valence-electron chi connectivity index (χ0n) is 38.8. The molecule has 11 aromatic carbocycles. The predicted molar refractivity (Wildman–Crippen MR) is 293 cm³/mol. The van der Waals surface area contributed by atoms with Crippen molar-refractivity contribution in [2.45, 2.75) is 5.41 Å². The zero-order valence-corrected chi connectivity index (χ0v) is 38.8. The molecular formula is C68H45N3. The highest BCUT2D eigenvalue weighted by atomic mass is 15.0. The monoisotopic (exact) mass is 903 g/mol. The van der Waals surface area contributed by atoms with Crippen LogP contribution in [0.3, 0.4) is 0 Å². The van der Waals surface area contributed by atoms with Crippen LogP contribution in [0.5, 0.6) is 0 Å². The minimum absolute atomic E-state index is 0.544. The molecule has 71 heavy (non-hydrogen) atoms. The second-order valence-corrected chi connectivity index (χ2v) is 18.3. The SMILES string of the molecule is c1ccc(-c2cccc(-c3nc(-c4ccccc4)nc(-c4cccc(-c5cccc(-c6cc7c(cc6-c6cccc8ccccc68)-c6ccccc6C7(c6ccccc6)c6ccccc6)c5)c4)n3)c2)cc1. The van der Waals surface area contributed by atoms with E-state index in [1.54, 1.807) is 0 Å². The Bertz CT molecular complexity index is 3880. The van der Waals surface area contributed by atoms with Gasteiger partial charge in [-0.1, -0.05) is 243 Å². The smallest absolute Gasteiger partial charge is 0.164 e. The Morgan fingerprint density at radius 2 is 0.648 bits per heavy atom. The fourth-order valence-electron chi connectivity index (χ4n) is 10.9. The van der Waals surface area contributed by atoms with Crippen molar-refractivity contribution in [3.63, 3.8) is 0 Å². The van der Waals surface area contributed by atoms with Crippen molar-refractivity contribution in [2.24, 2.45) is 0 Å². The van der Waals surface area contributed by atoms with E-state index in [0.29, 0.717) is 17.5 Å². The van der Waals surface area contributed by atoms with Gasteiger partial charge in [-0.3, -0.25) is 0 Å². The van der Waals surface area contributed by atoms with Gasteiger partial charge in [0.2, 0.25) is 0 Å². The van der Waals surface area contributed by atoms with Crippen LogP contribution in [-0.4, -0.2) is 15.0 Å². The summed E-state index contributed by atoms with van der Waals surface area (Å²) in [5.74, 6) is 1.87. The van der Waals surface area contributed by atoms with E-state index in [0.717, 1.165) is 44.5 Å². The standard InChI is InChI=1S/C68H45N3/c1-5-21-46(22-6-1)49-27-18-31-53(42-49)66-69-65(48-24-7-2-8-25-48)70-67(71-66)54-32-19-29-51(43-54)50-28-17-30-52(41-50)60-45-64-62(44-61(60)58-39-20-26-47-23-13-14-37-57(47)58)59-38-15-16-40-63(59)68(64,55-33-9-3-10-34-55)56-35-11-4-12-36-56/h1-45H. The van der Waals surface area contributed by atoms with Crippen LogP contribution in [0.15, 0.2) is 273 Å². The van der Waals surface area contributed by atoms with Gasteiger partial charge in [0.1, 0.15) is 0 Å². The van der Waals surface area contributed by atoms with E-state index in [2.05, 4.69) is 249 Å². The molecule has 0 amide bonds. The molecule has 1 aromatic heterocycles. The number of aromatic nitrogens is 3. The molecule has 1 aliphatic rings. The van der Waals surface area contributed by atoms with Crippen LogP contribution in [0.4, 0.5) is 0 Å². The van der Waals surface area contributed by atoms with E-state index < -0.39 is 5.41 Å². The molecule has 332 valence electrons. The summed E-state index contributed by atoms with van der Waals surface area (Å²) in [6.45, 7) is 0. The highest BCUT2D eigenvalue weighted by Gasteiger charge is 2.46. The number of fused-ring (bicyclic) bond motifs is 4. The van der Waals surface area contributed by atoms with Crippen LogP contribution in [0.1, 0.15) is 22.3 Å². The summed E-state index contributed by atoms with van der Waals surface area (Å²) in [6.07, 6.45) is 0. The molecule has 0 saturated heterocycles. The summed E-state index contributed by atoms with van der Waals surface area (Å²) >= 11 is 0. The van der Waals surface area contributed by atoms with Crippen molar-refractivity contribution in [1.29, 1.82) is 0 Å². The third-order valence-corrected chi connectivity index (χ3v) is 14.2. The maximum atomic E-state index is 5.20. The molecule has 13 rings (SSSR count). The molecule has 0 unspecified atom stereocenters. The Hall–Kier alpha value is -9.31. The molecule has 0 saturated carbocycles. The molecule has 0 aliphatic heterocycles. The average molecular weight is 904 g/mol. The summed E-state index contributed by atoms with van der Waals surface area (Å²) in [5.41, 5.74) is 18.9. The van der Waals surface area contributed by atoms with Gasteiger partial charge in [-0.15, -0.1) is 0 Å². The van der Waals surface area contributed by atoms with Crippen LogP contribution in [0.25, 0.3) is 101 Å². The summed E-state index contributed by atoms with van der Waals surface area (Å²) in [6, 6.07) is 98.3. The molecule has 1 aliphatic carbocycles. The predicted octanol–water partition coefficient (Wildman–Crippen LogP) is 17.1. The average Bonchev–Trinajstić information content (AvgIpc) is 3.76. The second kappa shape index (κ2) is 17.6. The van der Waals surface area contributed by atoms with Crippen molar-refractivity contribution in [3.8, 4) is 89.8 Å². The van der Waals surface area contributed by atoms with Gasteiger partial charge in [-0.05, 0) is 119 Å². The first-order chi connectivity index (χ1) is 35.2. The van der Waals surface area contributed by atoms with E-state index in [1.807, 2.05) is 24.3 Å². The molecule has 1 heterocycles. The molecule has 0 spiro atoms. The number of nitrogens with zero attached hydrogens (tertiary/aromatic N) is 3. The van der Waals surface area contributed by atoms with Crippen molar-refractivity contribution in [2.75, 3.05) is 0 Å².